The fourth-order valence-corrected chi connectivity index (χ4v) is 4.62. The SMILES string of the molecule is CCCNC(CCCc1ccccc1)C1(C)CCCS1. The average Bonchev–Trinajstić information content (AvgIpc) is 2.91. The maximum atomic E-state index is 3.82. The van der Waals surface area contributed by atoms with Gasteiger partial charge in [-0.05, 0) is 63.3 Å². The summed E-state index contributed by atoms with van der Waals surface area (Å²) in [5.74, 6) is 1.35. The summed E-state index contributed by atoms with van der Waals surface area (Å²) in [5, 5.41) is 3.82. The molecule has 0 amide bonds. The standard InChI is InChI=1S/C18H29NS/c1-3-14-19-17(18(2)13-8-15-20-18)12-7-11-16-9-5-4-6-10-16/h4-6,9-10,17,19H,3,7-8,11-15H2,1-2H3. The molecular formula is C18H29NS. The Hall–Kier alpha value is -0.470. The van der Waals surface area contributed by atoms with Crippen LogP contribution in [0.15, 0.2) is 30.3 Å². The normalized spacial score (nSPS) is 23.9. The molecule has 1 saturated heterocycles. The molecular weight excluding hydrogens is 262 g/mol. The minimum absolute atomic E-state index is 0.464. The van der Waals surface area contributed by atoms with E-state index in [2.05, 4.69) is 61.3 Å². The van der Waals surface area contributed by atoms with Crippen molar-refractivity contribution in [2.45, 2.75) is 63.2 Å². The molecule has 2 rings (SSSR count). The smallest absolute Gasteiger partial charge is 0.0285 e. The topological polar surface area (TPSA) is 12.0 Å². The highest BCUT2D eigenvalue weighted by Crippen LogP contribution is 2.41. The predicted molar refractivity (Wildman–Crippen MR) is 91.6 cm³/mol. The lowest BCUT2D eigenvalue weighted by atomic mass is 9.91. The highest BCUT2D eigenvalue weighted by atomic mass is 32.2. The van der Waals surface area contributed by atoms with E-state index in [1.165, 1.54) is 49.8 Å². The first-order valence-corrected chi connectivity index (χ1v) is 9.14. The van der Waals surface area contributed by atoms with Gasteiger partial charge in [0.05, 0.1) is 0 Å². The number of aryl methyl sites for hydroxylation is 1. The van der Waals surface area contributed by atoms with Crippen LogP contribution in [0.1, 0.15) is 51.5 Å². The summed E-state index contributed by atoms with van der Waals surface area (Å²) >= 11 is 2.19. The fourth-order valence-electron chi connectivity index (χ4n) is 3.17. The summed E-state index contributed by atoms with van der Waals surface area (Å²) in [5.41, 5.74) is 1.48. The molecule has 0 spiro atoms. The van der Waals surface area contributed by atoms with Gasteiger partial charge in [-0.1, -0.05) is 37.3 Å². The number of hydrogen-bond donors (Lipinski definition) is 1. The van der Waals surface area contributed by atoms with Crippen molar-refractivity contribution in [3.8, 4) is 0 Å². The predicted octanol–water partition coefficient (Wildman–Crippen LogP) is 4.66. The quantitative estimate of drug-likeness (QED) is 0.747. The minimum Gasteiger partial charge on any atom is -0.313 e. The van der Waals surface area contributed by atoms with E-state index in [0.717, 1.165) is 6.54 Å². The first kappa shape index (κ1) is 15.9. The van der Waals surface area contributed by atoms with Gasteiger partial charge in [-0.25, -0.2) is 0 Å². The van der Waals surface area contributed by atoms with Crippen molar-refractivity contribution in [1.82, 2.24) is 5.32 Å². The molecule has 0 aliphatic carbocycles. The third kappa shape index (κ3) is 4.53. The zero-order valence-corrected chi connectivity index (χ0v) is 13.8. The first-order valence-electron chi connectivity index (χ1n) is 8.16. The Morgan fingerprint density at radius 3 is 2.75 bits per heavy atom. The van der Waals surface area contributed by atoms with E-state index < -0.39 is 0 Å². The second kappa shape index (κ2) is 8.09. The Kier molecular flexibility index (Phi) is 6.44. The monoisotopic (exact) mass is 291 g/mol. The van der Waals surface area contributed by atoms with Gasteiger partial charge in [-0.15, -0.1) is 0 Å². The number of benzene rings is 1. The zero-order chi connectivity index (χ0) is 14.3. The number of hydrogen-bond acceptors (Lipinski definition) is 2. The van der Waals surface area contributed by atoms with Crippen molar-refractivity contribution in [3.63, 3.8) is 0 Å². The highest BCUT2D eigenvalue weighted by Gasteiger charge is 2.36. The van der Waals surface area contributed by atoms with Gasteiger partial charge < -0.3 is 5.32 Å². The summed E-state index contributed by atoms with van der Waals surface area (Å²) in [6.07, 6.45) is 7.82. The maximum absolute atomic E-state index is 3.82. The molecule has 1 aromatic carbocycles. The molecule has 2 atom stereocenters. The van der Waals surface area contributed by atoms with Crippen molar-refractivity contribution in [1.29, 1.82) is 0 Å². The molecule has 1 nitrogen and oxygen atoms in total. The molecule has 1 heterocycles. The summed E-state index contributed by atoms with van der Waals surface area (Å²) < 4.78 is 0.464. The Morgan fingerprint density at radius 2 is 2.10 bits per heavy atom. The third-order valence-electron chi connectivity index (χ3n) is 4.43. The lowest BCUT2D eigenvalue weighted by molar-refractivity contribution is 0.373. The third-order valence-corrected chi connectivity index (χ3v) is 6.07. The van der Waals surface area contributed by atoms with Crippen LogP contribution in [0.5, 0.6) is 0 Å². The highest BCUT2D eigenvalue weighted by molar-refractivity contribution is 8.00. The van der Waals surface area contributed by atoms with Crippen LogP contribution in [0.4, 0.5) is 0 Å². The first-order chi connectivity index (χ1) is 9.74. The van der Waals surface area contributed by atoms with Crippen LogP contribution >= 0.6 is 11.8 Å². The molecule has 0 bridgehead atoms. The molecule has 112 valence electrons. The van der Waals surface area contributed by atoms with Crippen LogP contribution < -0.4 is 5.32 Å². The van der Waals surface area contributed by atoms with E-state index in [9.17, 15) is 0 Å². The Balaban J connectivity index is 1.84. The van der Waals surface area contributed by atoms with E-state index in [1.54, 1.807) is 0 Å². The summed E-state index contributed by atoms with van der Waals surface area (Å²) in [6.45, 7) is 5.89. The summed E-state index contributed by atoms with van der Waals surface area (Å²) in [7, 11) is 0. The number of nitrogens with one attached hydrogen (secondary N) is 1. The average molecular weight is 292 g/mol. The second-order valence-electron chi connectivity index (χ2n) is 6.15. The molecule has 0 saturated carbocycles. The molecule has 0 aromatic heterocycles. The fraction of sp³-hybridized carbons (Fsp3) is 0.667. The number of rotatable bonds is 8. The van der Waals surface area contributed by atoms with E-state index in [0.29, 0.717) is 10.8 Å². The van der Waals surface area contributed by atoms with E-state index in [-0.39, 0.29) is 0 Å². The van der Waals surface area contributed by atoms with Crippen LogP contribution in [-0.4, -0.2) is 23.1 Å². The van der Waals surface area contributed by atoms with Crippen LogP contribution in [-0.2, 0) is 6.42 Å². The van der Waals surface area contributed by atoms with Gasteiger partial charge in [0, 0.05) is 10.8 Å². The maximum Gasteiger partial charge on any atom is 0.0285 e. The van der Waals surface area contributed by atoms with Gasteiger partial charge in [0.1, 0.15) is 0 Å². The summed E-state index contributed by atoms with van der Waals surface area (Å²) in [6, 6.07) is 11.6. The molecule has 1 aliphatic rings. The molecule has 2 unspecified atom stereocenters. The molecule has 1 aliphatic heterocycles. The molecule has 2 heteroatoms. The van der Waals surface area contributed by atoms with Crippen LogP contribution in [0, 0.1) is 0 Å². The van der Waals surface area contributed by atoms with Gasteiger partial charge in [0.25, 0.3) is 0 Å². The van der Waals surface area contributed by atoms with Crippen molar-refractivity contribution < 1.29 is 0 Å². The Morgan fingerprint density at radius 1 is 1.30 bits per heavy atom. The van der Waals surface area contributed by atoms with E-state index >= 15 is 0 Å². The van der Waals surface area contributed by atoms with E-state index in [4.69, 9.17) is 0 Å². The van der Waals surface area contributed by atoms with Gasteiger partial charge in [0.2, 0.25) is 0 Å². The molecule has 1 aromatic rings. The lowest BCUT2D eigenvalue weighted by Gasteiger charge is -2.34. The second-order valence-corrected chi connectivity index (χ2v) is 7.78. The van der Waals surface area contributed by atoms with Gasteiger partial charge in [-0.3, -0.25) is 0 Å². The molecule has 1 N–H and O–H groups in total. The molecule has 0 radical (unpaired) electrons. The van der Waals surface area contributed by atoms with Crippen LogP contribution in [0.3, 0.4) is 0 Å². The minimum atomic E-state index is 0.464. The lowest BCUT2D eigenvalue weighted by Crippen LogP contribution is -2.45. The Bertz CT molecular complexity index is 370. The van der Waals surface area contributed by atoms with Gasteiger partial charge in [-0.2, -0.15) is 11.8 Å². The van der Waals surface area contributed by atoms with Crippen LogP contribution in [0.2, 0.25) is 0 Å². The summed E-state index contributed by atoms with van der Waals surface area (Å²) in [4.78, 5) is 0. The van der Waals surface area contributed by atoms with Crippen molar-refractivity contribution >= 4 is 11.8 Å². The largest absolute Gasteiger partial charge is 0.313 e. The van der Waals surface area contributed by atoms with Gasteiger partial charge >= 0.3 is 0 Å². The van der Waals surface area contributed by atoms with Crippen LogP contribution in [0.25, 0.3) is 0 Å². The van der Waals surface area contributed by atoms with Crippen molar-refractivity contribution in [3.05, 3.63) is 35.9 Å². The van der Waals surface area contributed by atoms with Crippen molar-refractivity contribution in [2.24, 2.45) is 0 Å². The van der Waals surface area contributed by atoms with Crippen molar-refractivity contribution in [2.75, 3.05) is 12.3 Å². The zero-order valence-electron chi connectivity index (χ0n) is 13.0. The molecule has 1 fully saturated rings. The van der Waals surface area contributed by atoms with E-state index in [1.807, 2.05) is 0 Å². The number of thioether (sulfide) groups is 1. The molecule has 20 heavy (non-hydrogen) atoms. The van der Waals surface area contributed by atoms with Gasteiger partial charge in [0.15, 0.2) is 0 Å². The Labute approximate surface area is 128 Å².